The number of hydrogen-bond acceptors (Lipinski definition) is 5. The molecule has 7 heteroatoms. The van der Waals surface area contributed by atoms with Crippen LogP contribution < -0.4 is 5.32 Å². The van der Waals surface area contributed by atoms with E-state index in [1.54, 1.807) is 4.68 Å². The second kappa shape index (κ2) is 7.32. The average molecular weight is 315 g/mol. The summed E-state index contributed by atoms with van der Waals surface area (Å²) in [6.07, 6.45) is 2.48. The Morgan fingerprint density at radius 2 is 2.22 bits per heavy atom. The van der Waals surface area contributed by atoms with Crippen molar-refractivity contribution in [3.8, 4) is 5.69 Å². The Balaban J connectivity index is 1.47. The summed E-state index contributed by atoms with van der Waals surface area (Å²) in [5, 5.41) is 14.4. The number of aryl methyl sites for hydroxylation is 1. The van der Waals surface area contributed by atoms with Crippen molar-refractivity contribution in [2.75, 3.05) is 19.8 Å². The fraction of sp³-hybridized carbons (Fsp3) is 0.500. The minimum absolute atomic E-state index is 0.0512. The molecular weight excluding hydrogens is 294 g/mol. The lowest BCUT2D eigenvalue weighted by Gasteiger charge is -2.09. The van der Waals surface area contributed by atoms with Crippen LogP contribution in [0.15, 0.2) is 24.3 Å². The van der Waals surface area contributed by atoms with Crippen molar-refractivity contribution in [1.82, 2.24) is 25.5 Å². The van der Waals surface area contributed by atoms with E-state index in [1.807, 2.05) is 31.2 Å². The molecule has 1 aromatic heterocycles. The second-order valence-corrected chi connectivity index (χ2v) is 5.85. The number of nitrogens with one attached hydrogen (secondary N) is 1. The van der Waals surface area contributed by atoms with Crippen LogP contribution in [0.2, 0.25) is 0 Å². The molecule has 7 nitrogen and oxygen atoms in total. The second-order valence-electron chi connectivity index (χ2n) is 5.85. The number of rotatable bonds is 6. The predicted molar refractivity (Wildman–Crippen MR) is 84.1 cm³/mol. The first-order valence-electron chi connectivity index (χ1n) is 7.91. The van der Waals surface area contributed by atoms with Crippen LogP contribution >= 0.6 is 0 Å². The van der Waals surface area contributed by atoms with Crippen LogP contribution in [0.5, 0.6) is 0 Å². The van der Waals surface area contributed by atoms with Gasteiger partial charge in [-0.25, -0.2) is 0 Å². The van der Waals surface area contributed by atoms with E-state index in [0.717, 1.165) is 49.7 Å². The number of ether oxygens (including phenoxy) is 1. The van der Waals surface area contributed by atoms with Crippen molar-refractivity contribution in [3.63, 3.8) is 0 Å². The van der Waals surface area contributed by atoms with Crippen LogP contribution in [-0.2, 0) is 16.0 Å². The van der Waals surface area contributed by atoms with Gasteiger partial charge in [0.05, 0.1) is 12.1 Å². The number of amides is 1. The molecule has 0 spiro atoms. The maximum atomic E-state index is 12.0. The van der Waals surface area contributed by atoms with Gasteiger partial charge in [-0.05, 0) is 53.8 Å². The normalized spacial score (nSPS) is 17.3. The maximum absolute atomic E-state index is 12.0. The third-order valence-electron chi connectivity index (χ3n) is 4.07. The van der Waals surface area contributed by atoms with Crippen LogP contribution in [0.1, 0.15) is 24.2 Å². The first kappa shape index (κ1) is 15.6. The summed E-state index contributed by atoms with van der Waals surface area (Å²) in [6.45, 7) is 4.24. The van der Waals surface area contributed by atoms with Crippen molar-refractivity contribution >= 4 is 5.91 Å². The van der Waals surface area contributed by atoms with Crippen LogP contribution in [0.25, 0.3) is 5.69 Å². The van der Waals surface area contributed by atoms with E-state index in [2.05, 4.69) is 20.8 Å². The lowest BCUT2D eigenvalue weighted by molar-refractivity contribution is -0.120. The molecule has 1 fully saturated rings. The highest BCUT2D eigenvalue weighted by atomic mass is 16.5. The first-order valence-corrected chi connectivity index (χ1v) is 7.91. The Morgan fingerprint density at radius 1 is 1.39 bits per heavy atom. The van der Waals surface area contributed by atoms with Gasteiger partial charge in [-0.15, -0.1) is 5.10 Å². The molecule has 0 bridgehead atoms. The topological polar surface area (TPSA) is 81.9 Å². The summed E-state index contributed by atoms with van der Waals surface area (Å²) in [4.78, 5) is 12.0. The van der Waals surface area contributed by atoms with E-state index in [9.17, 15) is 4.79 Å². The number of nitrogens with zero attached hydrogens (tertiary/aromatic N) is 4. The number of aromatic nitrogens is 4. The molecule has 3 rings (SSSR count). The molecule has 0 unspecified atom stereocenters. The summed E-state index contributed by atoms with van der Waals surface area (Å²) in [7, 11) is 0. The van der Waals surface area contributed by atoms with Gasteiger partial charge >= 0.3 is 0 Å². The molecule has 0 saturated carbocycles. The number of benzene rings is 1. The van der Waals surface area contributed by atoms with Crippen molar-refractivity contribution in [2.45, 2.75) is 26.2 Å². The highest BCUT2D eigenvalue weighted by molar-refractivity contribution is 5.78. The average Bonchev–Trinajstić information content (AvgIpc) is 3.20. The van der Waals surface area contributed by atoms with Gasteiger partial charge in [0.25, 0.3) is 0 Å². The van der Waals surface area contributed by atoms with E-state index in [0.29, 0.717) is 12.3 Å². The SMILES string of the molecule is Cc1nnnn1-c1ccc(CC(=O)NCC[C@@H]2CCOC2)cc1. The van der Waals surface area contributed by atoms with Gasteiger partial charge in [0, 0.05) is 19.8 Å². The van der Waals surface area contributed by atoms with Crippen LogP contribution in [-0.4, -0.2) is 45.9 Å². The summed E-state index contributed by atoms with van der Waals surface area (Å²) >= 11 is 0. The van der Waals surface area contributed by atoms with Gasteiger partial charge < -0.3 is 10.1 Å². The molecule has 2 heterocycles. The van der Waals surface area contributed by atoms with Crippen LogP contribution in [0, 0.1) is 12.8 Å². The van der Waals surface area contributed by atoms with Crippen LogP contribution in [0.4, 0.5) is 0 Å². The maximum Gasteiger partial charge on any atom is 0.224 e. The molecule has 1 aliphatic heterocycles. The predicted octanol–water partition coefficient (Wildman–Crippen LogP) is 1.06. The number of hydrogen-bond donors (Lipinski definition) is 1. The Hall–Kier alpha value is -2.28. The molecule has 1 aliphatic rings. The molecule has 1 amide bonds. The molecule has 2 aromatic rings. The zero-order valence-electron chi connectivity index (χ0n) is 13.2. The molecule has 1 saturated heterocycles. The fourth-order valence-electron chi connectivity index (χ4n) is 2.70. The molecule has 0 aliphatic carbocycles. The van der Waals surface area contributed by atoms with E-state index in [4.69, 9.17) is 4.74 Å². The molecule has 23 heavy (non-hydrogen) atoms. The Kier molecular flexibility index (Phi) is 4.97. The smallest absolute Gasteiger partial charge is 0.224 e. The van der Waals surface area contributed by atoms with E-state index in [1.165, 1.54) is 0 Å². The number of tetrazole rings is 1. The molecule has 1 aromatic carbocycles. The molecule has 1 atom stereocenters. The summed E-state index contributed by atoms with van der Waals surface area (Å²) in [6, 6.07) is 7.70. The monoisotopic (exact) mass is 315 g/mol. The van der Waals surface area contributed by atoms with Gasteiger partial charge in [-0.3, -0.25) is 4.79 Å². The Bertz CT molecular complexity index is 647. The Labute approximate surface area is 135 Å². The van der Waals surface area contributed by atoms with Crippen molar-refractivity contribution in [1.29, 1.82) is 0 Å². The quantitative estimate of drug-likeness (QED) is 0.862. The van der Waals surface area contributed by atoms with Gasteiger partial charge in [0.2, 0.25) is 5.91 Å². The number of carbonyl (C=O) groups excluding carboxylic acids is 1. The van der Waals surface area contributed by atoms with E-state index >= 15 is 0 Å². The van der Waals surface area contributed by atoms with Gasteiger partial charge in [0.15, 0.2) is 5.82 Å². The zero-order chi connectivity index (χ0) is 16.1. The Morgan fingerprint density at radius 3 is 2.87 bits per heavy atom. The van der Waals surface area contributed by atoms with Crippen LogP contribution in [0.3, 0.4) is 0 Å². The lowest BCUT2D eigenvalue weighted by atomic mass is 10.1. The molecule has 1 N–H and O–H groups in total. The minimum atomic E-state index is 0.0512. The highest BCUT2D eigenvalue weighted by Gasteiger charge is 2.15. The third kappa shape index (κ3) is 4.13. The number of carbonyl (C=O) groups is 1. The van der Waals surface area contributed by atoms with Crippen molar-refractivity contribution in [2.24, 2.45) is 5.92 Å². The zero-order valence-corrected chi connectivity index (χ0v) is 13.2. The van der Waals surface area contributed by atoms with E-state index < -0.39 is 0 Å². The molecule has 0 radical (unpaired) electrons. The largest absolute Gasteiger partial charge is 0.381 e. The van der Waals surface area contributed by atoms with E-state index in [-0.39, 0.29) is 5.91 Å². The minimum Gasteiger partial charge on any atom is -0.381 e. The molecule has 122 valence electrons. The third-order valence-corrected chi connectivity index (χ3v) is 4.07. The standard InChI is InChI=1S/C16H21N5O2/c1-12-18-19-20-21(12)15-4-2-13(3-5-15)10-16(22)17-8-6-14-7-9-23-11-14/h2-5,14H,6-11H2,1H3,(H,17,22)/t14-/m1/s1. The van der Waals surface area contributed by atoms with Gasteiger partial charge in [-0.2, -0.15) is 4.68 Å². The summed E-state index contributed by atoms with van der Waals surface area (Å²) in [5.74, 6) is 1.37. The van der Waals surface area contributed by atoms with Crippen molar-refractivity contribution in [3.05, 3.63) is 35.7 Å². The summed E-state index contributed by atoms with van der Waals surface area (Å²) < 4.78 is 6.99. The van der Waals surface area contributed by atoms with Gasteiger partial charge in [-0.1, -0.05) is 12.1 Å². The summed E-state index contributed by atoms with van der Waals surface area (Å²) in [5.41, 5.74) is 1.86. The molecular formula is C16H21N5O2. The first-order chi connectivity index (χ1) is 11.2. The fourth-order valence-corrected chi connectivity index (χ4v) is 2.70. The lowest BCUT2D eigenvalue weighted by Crippen LogP contribution is -2.27. The van der Waals surface area contributed by atoms with Gasteiger partial charge in [0.1, 0.15) is 0 Å². The van der Waals surface area contributed by atoms with Crippen molar-refractivity contribution < 1.29 is 9.53 Å². The highest BCUT2D eigenvalue weighted by Crippen LogP contribution is 2.15.